The molecule has 16 heavy (non-hydrogen) atoms. The molecule has 0 aliphatic heterocycles. The van der Waals surface area contributed by atoms with Gasteiger partial charge >= 0.3 is 0 Å². The van der Waals surface area contributed by atoms with E-state index in [9.17, 15) is 5.11 Å². The second-order valence-electron chi connectivity index (χ2n) is 4.83. The third kappa shape index (κ3) is 2.80. The van der Waals surface area contributed by atoms with E-state index in [1.165, 1.54) is 0 Å². The van der Waals surface area contributed by atoms with Crippen molar-refractivity contribution >= 4 is 0 Å². The molecule has 0 aromatic carbocycles. The van der Waals surface area contributed by atoms with Crippen molar-refractivity contribution in [3.05, 3.63) is 11.7 Å². The van der Waals surface area contributed by atoms with Gasteiger partial charge in [-0.1, -0.05) is 18.0 Å². The molecule has 1 fully saturated rings. The van der Waals surface area contributed by atoms with Crippen molar-refractivity contribution in [1.29, 1.82) is 0 Å². The molecule has 5 heteroatoms. The highest BCUT2D eigenvalue weighted by atomic mass is 16.5. The minimum atomic E-state index is -0.506. The summed E-state index contributed by atoms with van der Waals surface area (Å²) < 4.78 is 4.91. The Hall–Kier alpha value is -0.940. The van der Waals surface area contributed by atoms with Gasteiger partial charge < -0.3 is 9.63 Å². The molecule has 5 nitrogen and oxygen atoms in total. The SMILES string of the molecule is Cc1nc(CN(C)CC2(O)CCCC2)no1. The Morgan fingerprint density at radius 1 is 1.44 bits per heavy atom. The van der Waals surface area contributed by atoms with E-state index < -0.39 is 5.60 Å². The molecule has 1 aliphatic carbocycles. The standard InChI is InChI=1S/C11H19N3O2/c1-9-12-10(13-16-9)7-14(2)8-11(15)5-3-4-6-11/h15H,3-8H2,1-2H3. The van der Waals surface area contributed by atoms with E-state index in [0.29, 0.717) is 24.8 Å². The Balaban J connectivity index is 1.86. The monoisotopic (exact) mass is 225 g/mol. The van der Waals surface area contributed by atoms with Crippen LogP contribution in [0.15, 0.2) is 4.52 Å². The zero-order valence-electron chi connectivity index (χ0n) is 9.94. The summed E-state index contributed by atoms with van der Waals surface area (Å²) in [7, 11) is 1.97. The second kappa shape index (κ2) is 4.51. The Morgan fingerprint density at radius 3 is 2.69 bits per heavy atom. The Kier molecular flexibility index (Phi) is 3.25. The molecule has 1 heterocycles. The minimum absolute atomic E-state index is 0.506. The quantitative estimate of drug-likeness (QED) is 0.831. The highest BCUT2D eigenvalue weighted by molar-refractivity contribution is 4.89. The minimum Gasteiger partial charge on any atom is -0.389 e. The van der Waals surface area contributed by atoms with Crippen molar-refractivity contribution in [2.45, 2.75) is 44.8 Å². The first kappa shape index (κ1) is 11.5. The van der Waals surface area contributed by atoms with E-state index in [-0.39, 0.29) is 0 Å². The van der Waals surface area contributed by atoms with Gasteiger partial charge in [0.1, 0.15) is 0 Å². The van der Waals surface area contributed by atoms with Crippen LogP contribution in [0.25, 0.3) is 0 Å². The van der Waals surface area contributed by atoms with Gasteiger partial charge in [-0.2, -0.15) is 4.98 Å². The van der Waals surface area contributed by atoms with Crippen molar-refractivity contribution < 1.29 is 9.63 Å². The highest BCUT2D eigenvalue weighted by Gasteiger charge is 2.32. The first-order chi connectivity index (χ1) is 7.57. The summed E-state index contributed by atoms with van der Waals surface area (Å²) >= 11 is 0. The molecule has 1 aliphatic rings. The molecule has 1 N–H and O–H groups in total. The summed E-state index contributed by atoms with van der Waals surface area (Å²) in [6.07, 6.45) is 4.07. The molecule has 90 valence electrons. The molecule has 1 aromatic rings. The van der Waals surface area contributed by atoms with Crippen LogP contribution in [0.2, 0.25) is 0 Å². The van der Waals surface area contributed by atoms with E-state index in [0.717, 1.165) is 25.7 Å². The van der Waals surface area contributed by atoms with E-state index in [1.54, 1.807) is 6.92 Å². The van der Waals surface area contributed by atoms with Crippen LogP contribution in [-0.2, 0) is 6.54 Å². The molecule has 0 radical (unpaired) electrons. The third-order valence-corrected chi connectivity index (χ3v) is 3.08. The lowest BCUT2D eigenvalue weighted by Crippen LogP contribution is -2.38. The van der Waals surface area contributed by atoms with E-state index in [2.05, 4.69) is 15.0 Å². The molecule has 1 aromatic heterocycles. The number of aliphatic hydroxyl groups is 1. The van der Waals surface area contributed by atoms with Crippen LogP contribution in [0, 0.1) is 6.92 Å². The van der Waals surface area contributed by atoms with Gasteiger partial charge in [0.25, 0.3) is 0 Å². The Morgan fingerprint density at radius 2 is 2.12 bits per heavy atom. The maximum atomic E-state index is 10.2. The fraction of sp³-hybridized carbons (Fsp3) is 0.818. The van der Waals surface area contributed by atoms with Crippen LogP contribution in [0.5, 0.6) is 0 Å². The zero-order chi connectivity index (χ0) is 11.6. The largest absolute Gasteiger partial charge is 0.389 e. The number of nitrogens with zero attached hydrogens (tertiary/aromatic N) is 3. The van der Waals surface area contributed by atoms with E-state index >= 15 is 0 Å². The number of hydrogen-bond donors (Lipinski definition) is 1. The number of likely N-dealkylation sites (N-methyl/N-ethyl adjacent to an activating group) is 1. The lowest BCUT2D eigenvalue weighted by Gasteiger charge is -2.27. The molecule has 0 atom stereocenters. The zero-order valence-corrected chi connectivity index (χ0v) is 9.94. The van der Waals surface area contributed by atoms with E-state index in [1.807, 2.05) is 7.05 Å². The average Bonchev–Trinajstić information content (AvgIpc) is 2.75. The molecular formula is C11H19N3O2. The van der Waals surface area contributed by atoms with Crippen molar-refractivity contribution in [3.8, 4) is 0 Å². The Labute approximate surface area is 95.4 Å². The second-order valence-corrected chi connectivity index (χ2v) is 4.83. The first-order valence-electron chi connectivity index (χ1n) is 5.78. The van der Waals surface area contributed by atoms with Gasteiger partial charge in [-0.25, -0.2) is 0 Å². The van der Waals surface area contributed by atoms with Crippen molar-refractivity contribution in [2.75, 3.05) is 13.6 Å². The van der Waals surface area contributed by atoms with Crippen molar-refractivity contribution in [2.24, 2.45) is 0 Å². The van der Waals surface area contributed by atoms with Crippen LogP contribution >= 0.6 is 0 Å². The van der Waals surface area contributed by atoms with Crippen molar-refractivity contribution in [1.82, 2.24) is 15.0 Å². The topological polar surface area (TPSA) is 62.4 Å². The molecule has 2 rings (SSSR count). The van der Waals surface area contributed by atoms with Crippen LogP contribution < -0.4 is 0 Å². The summed E-state index contributed by atoms with van der Waals surface area (Å²) in [5.41, 5.74) is -0.506. The number of aromatic nitrogens is 2. The lowest BCUT2D eigenvalue weighted by atomic mass is 10.0. The van der Waals surface area contributed by atoms with Crippen LogP contribution in [0.4, 0.5) is 0 Å². The maximum absolute atomic E-state index is 10.2. The third-order valence-electron chi connectivity index (χ3n) is 3.08. The molecule has 1 saturated carbocycles. The summed E-state index contributed by atoms with van der Waals surface area (Å²) in [5.74, 6) is 1.27. The summed E-state index contributed by atoms with van der Waals surface area (Å²) in [6, 6.07) is 0. The maximum Gasteiger partial charge on any atom is 0.223 e. The van der Waals surface area contributed by atoms with Gasteiger partial charge in [0, 0.05) is 13.5 Å². The molecular weight excluding hydrogens is 206 g/mol. The molecule has 0 unspecified atom stereocenters. The van der Waals surface area contributed by atoms with Crippen molar-refractivity contribution in [3.63, 3.8) is 0 Å². The smallest absolute Gasteiger partial charge is 0.223 e. The normalized spacial score (nSPS) is 19.5. The number of rotatable bonds is 4. The summed E-state index contributed by atoms with van der Waals surface area (Å²) in [4.78, 5) is 6.20. The van der Waals surface area contributed by atoms with Crippen LogP contribution in [0.1, 0.15) is 37.4 Å². The van der Waals surface area contributed by atoms with E-state index in [4.69, 9.17) is 4.52 Å². The van der Waals surface area contributed by atoms with Crippen LogP contribution in [0.3, 0.4) is 0 Å². The predicted octanol–water partition coefficient (Wildman–Crippen LogP) is 1.11. The average molecular weight is 225 g/mol. The fourth-order valence-electron chi connectivity index (χ4n) is 2.40. The van der Waals surface area contributed by atoms with Gasteiger partial charge in [0.15, 0.2) is 5.82 Å². The number of hydrogen-bond acceptors (Lipinski definition) is 5. The van der Waals surface area contributed by atoms with Crippen LogP contribution in [-0.4, -0.2) is 39.3 Å². The predicted molar refractivity (Wildman–Crippen MR) is 58.8 cm³/mol. The summed E-state index contributed by atoms with van der Waals surface area (Å²) in [5, 5.41) is 14.1. The summed E-state index contributed by atoms with van der Waals surface area (Å²) in [6.45, 7) is 3.08. The Bertz CT molecular complexity index is 345. The fourth-order valence-corrected chi connectivity index (χ4v) is 2.40. The lowest BCUT2D eigenvalue weighted by molar-refractivity contribution is 0.0138. The van der Waals surface area contributed by atoms with Gasteiger partial charge in [-0.05, 0) is 19.9 Å². The number of aryl methyl sites for hydroxylation is 1. The van der Waals surface area contributed by atoms with Gasteiger partial charge in [-0.3, -0.25) is 4.90 Å². The van der Waals surface area contributed by atoms with Gasteiger partial charge in [0.2, 0.25) is 5.89 Å². The molecule has 0 amide bonds. The van der Waals surface area contributed by atoms with Gasteiger partial charge in [-0.15, -0.1) is 0 Å². The molecule has 0 saturated heterocycles. The molecule has 0 bridgehead atoms. The van der Waals surface area contributed by atoms with Gasteiger partial charge in [0.05, 0.1) is 12.1 Å². The first-order valence-corrected chi connectivity index (χ1v) is 5.78. The highest BCUT2D eigenvalue weighted by Crippen LogP contribution is 2.30. The molecule has 0 spiro atoms.